The maximum atomic E-state index is 12.4. The first kappa shape index (κ1) is 18.8. The molecule has 1 fully saturated rings. The molecule has 2 aromatic rings. The molecule has 0 radical (unpaired) electrons. The van der Waals surface area contributed by atoms with Gasteiger partial charge in [0, 0.05) is 43.3 Å². The van der Waals surface area contributed by atoms with Crippen LogP contribution in [0.25, 0.3) is 0 Å². The van der Waals surface area contributed by atoms with Crippen molar-refractivity contribution in [2.45, 2.75) is 26.4 Å². The number of carbonyl (C=O) groups excluding carboxylic acids is 1. The number of nitrogens with zero attached hydrogens (tertiary/aromatic N) is 2. The van der Waals surface area contributed by atoms with E-state index in [-0.39, 0.29) is 23.1 Å². The number of likely N-dealkylation sites (N-methyl/N-ethyl adjacent to an activating group) is 1. The number of hydrogen-bond donors (Lipinski definition) is 2. The number of amides is 1. The van der Waals surface area contributed by atoms with E-state index in [0.717, 1.165) is 43.3 Å². The van der Waals surface area contributed by atoms with Crippen LogP contribution in [-0.2, 0) is 6.54 Å². The van der Waals surface area contributed by atoms with E-state index in [1.54, 1.807) is 17.4 Å². The van der Waals surface area contributed by atoms with Gasteiger partial charge in [-0.15, -0.1) is 11.3 Å². The SMILES string of the molecule is CCN1CCN(Cc2ccc(C(=O)NC(C)c3cccs3)c(=O)[nH]2)CC1. The van der Waals surface area contributed by atoms with E-state index >= 15 is 0 Å². The molecular weight excluding hydrogens is 348 g/mol. The zero-order chi connectivity index (χ0) is 18.5. The van der Waals surface area contributed by atoms with E-state index in [2.05, 4.69) is 27.0 Å². The average Bonchev–Trinajstić information content (AvgIpc) is 3.17. The normalized spacial score (nSPS) is 17.2. The molecule has 0 saturated carbocycles. The van der Waals surface area contributed by atoms with Crippen LogP contribution in [0.1, 0.15) is 40.8 Å². The highest BCUT2D eigenvalue weighted by Gasteiger charge is 2.18. The molecule has 3 heterocycles. The number of H-pyrrole nitrogens is 1. The first-order chi connectivity index (χ1) is 12.6. The van der Waals surface area contributed by atoms with E-state index in [1.807, 2.05) is 30.5 Å². The van der Waals surface area contributed by atoms with Crippen LogP contribution in [0.3, 0.4) is 0 Å². The summed E-state index contributed by atoms with van der Waals surface area (Å²) in [6.45, 7) is 9.99. The highest BCUT2D eigenvalue weighted by molar-refractivity contribution is 7.10. The van der Waals surface area contributed by atoms with Crippen molar-refractivity contribution in [1.82, 2.24) is 20.1 Å². The minimum absolute atomic E-state index is 0.114. The number of hydrogen-bond acceptors (Lipinski definition) is 5. The van der Waals surface area contributed by atoms with Crippen molar-refractivity contribution < 1.29 is 4.79 Å². The molecule has 1 saturated heterocycles. The molecule has 3 rings (SSSR count). The molecule has 0 spiro atoms. The summed E-state index contributed by atoms with van der Waals surface area (Å²) < 4.78 is 0. The Hall–Kier alpha value is -1.96. The van der Waals surface area contributed by atoms with E-state index in [1.165, 1.54) is 0 Å². The second-order valence-corrected chi connectivity index (χ2v) is 7.63. The second-order valence-electron chi connectivity index (χ2n) is 6.65. The molecule has 1 amide bonds. The van der Waals surface area contributed by atoms with E-state index < -0.39 is 0 Å². The zero-order valence-corrected chi connectivity index (χ0v) is 16.1. The van der Waals surface area contributed by atoms with Crippen molar-refractivity contribution in [2.24, 2.45) is 0 Å². The summed E-state index contributed by atoms with van der Waals surface area (Å²) in [5.74, 6) is -0.338. The number of pyridine rings is 1. The summed E-state index contributed by atoms with van der Waals surface area (Å²) in [7, 11) is 0. The summed E-state index contributed by atoms with van der Waals surface area (Å²) in [5, 5.41) is 4.86. The lowest BCUT2D eigenvalue weighted by Gasteiger charge is -2.33. The minimum Gasteiger partial charge on any atom is -0.345 e. The standard InChI is InChI=1S/C19H26N4O2S/c1-3-22-8-10-23(11-9-22)13-15-6-7-16(19(25)21-15)18(24)20-14(2)17-5-4-12-26-17/h4-7,12,14H,3,8-11,13H2,1-2H3,(H,20,24)(H,21,25). The molecule has 1 aliphatic heterocycles. The molecule has 1 aliphatic rings. The smallest absolute Gasteiger partial charge is 0.261 e. The maximum Gasteiger partial charge on any atom is 0.261 e. The predicted octanol–water partition coefficient (Wildman–Crippen LogP) is 2.06. The van der Waals surface area contributed by atoms with Gasteiger partial charge < -0.3 is 15.2 Å². The predicted molar refractivity (Wildman–Crippen MR) is 105 cm³/mol. The highest BCUT2D eigenvalue weighted by atomic mass is 32.1. The summed E-state index contributed by atoms with van der Waals surface area (Å²) in [6, 6.07) is 7.29. The fraction of sp³-hybridized carbons (Fsp3) is 0.474. The van der Waals surface area contributed by atoms with Gasteiger partial charge in [0.05, 0.1) is 6.04 Å². The minimum atomic E-state index is -0.338. The lowest BCUT2D eigenvalue weighted by atomic mass is 10.2. The van der Waals surface area contributed by atoms with Crippen molar-refractivity contribution in [3.8, 4) is 0 Å². The molecule has 2 aromatic heterocycles. The Kier molecular flexibility index (Phi) is 6.24. The van der Waals surface area contributed by atoms with Gasteiger partial charge in [-0.05, 0) is 37.0 Å². The van der Waals surface area contributed by atoms with Gasteiger partial charge in [0.25, 0.3) is 11.5 Å². The Morgan fingerprint density at radius 2 is 1.96 bits per heavy atom. The third-order valence-electron chi connectivity index (χ3n) is 4.84. The first-order valence-electron chi connectivity index (χ1n) is 9.08. The fourth-order valence-corrected chi connectivity index (χ4v) is 3.91. The molecule has 0 aromatic carbocycles. The van der Waals surface area contributed by atoms with Gasteiger partial charge in [-0.1, -0.05) is 13.0 Å². The van der Waals surface area contributed by atoms with E-state index in [0.29, 0.717) is 6.54 Å². The summed E-state index contributed by atoms with van der Waals surface area (Å²) in [6.07, 6.45) is 0. The number of piperazine rings is 1. The number of rotatable bonds is 6. The maximum absolute atomic E-state index is 12.4. The Labute approximate surface area is 157 Å². The van der Waals surface area contributed by atoms with Crippen LogP contribution in [0.2, 0.25) is 0 Å². The Bertz CT molecular complexity index is 779. The van der Waals surface area contributed by atoms with Crippen LogP contribution in [-0.4, -0.2) is 53.4 Å². The van der Waals surface area contributed by atoms with Gasteiger partial charge in [0.1, 0.15) is 5.56 Å². The van der Waals surface area contributed by atoms with Crippen molar-refractivity contribution >= 4 is 17.2 Å². The Morgan fingerprint density at radius 1 is 1.23 bits per heavy atom. The van der Waals surface area contributed by atoms with Crippen LogP contribution >= 0.6 is 11.3 Å². The molecule has 2 N–H and O–H groups in total. The summed E-state index contributed by atoms with van der Waals surface area (Å²) in [4.78, 5) is 33.4. The third kappa shape index (κ3) is 4.60. The van der Waals surface area contributed by atoms with Gasteiger partial charge in [0.15, 0.2) is 0 Å². The third-order valence-corrected chi connectivity index (χ3v) is 5.89. The van der Waals surface area contributed by atoms with Crippen LogP contribution in [0.5, 0.6) is 0 Å². The Balaban J connectivity index is 1.60. The van der Waals surface area contributed by atoms with E-state index in [4.69, 9.17) is 0 Å². The van der Waals surface area contributed by atoms with Gasteiger partial charge in [0.2, 0.25) is 0 Å². The molecular formula is C19H26N4O2S. The number of aromatic amines is 1. The lowest BCUT2D eigenvalue weighted by Crippen LogP contribution is -2.45. The molecule has 26 heavy (non-hydrogen) atoms. The van der Waals surface area contributed by atoms with Crippen molar-refractivity contribution in [2.75, 3.05) is 32.7 Å². The van der Waals surface area contributed by atoms with Gasteiger partial charge in [-0.25, -0.2) is 0 Å². The van der Waals surface area contributed by atoms with Crippen LogP contribution in [0.4, 0.5) is 0 Å². The fourth-order valence-electron chi connectivity index (χ4n) is 3.17. The van der Waals surface area contributed by atoms with Crippen LogP contribution in [0.15, 0.2) is 34.4 Å². The van der Waals surface area contributed by atoms with Gasteiger partial charge in [-0.3, -0.25) is 14.5 Å². The van der Waals surface area contributed by atoms with E-state index in [9.17, 15) is 9.59 Å². The summed E-state index contributed by atoms with van der Waals surface area (Å²) >= 11 is 1.59. The second kappa shape index (κ2) is 8.62. The average molecular weight is 375 g/mol. The molecule has 0 aliphatic carbocycles. The molecule has 0 bridgehead atoms. The molecule has 1 unspecified atom stereocenters. The van der Waals surface area contributed by atoms with Crippen LogP contribution in [0, 0.1) is 0 Å². The molecule has 7 heteroatoms. The molecule has 1 atom stereocenters. The first-order valence-corrected chi connectivity index (χ1v) is 9.96. The topological polar surface area (TPSA) is 68.4 Å². The Morgan fingerprint density at radius 3 is 2.58 bits per heavy atom. The summed E-state index contributed by atoms with van der Waals surface area (Å²) in [5.41, 5.74) is 0.682. The largest absolute Gasteiger partial charge is 0.345 e. The van der Waals surface area contributed by atoms with Gasteiger partial charge >= 0.3 is 0 Å². The number of thiophene rings is 1. The highest BCUT2D eigenvalue weighted by Crippen LogP contribution is 2.18. The van der Waals surface area contributed by atoms with Crippen molar-refractivity contribution in [3.05, 3.63) is 56.1 Å². The quantitative estimate of drug-likeness (QED) is 0.812. The number of aromatic nitrogens is 1. The van der Waals surface area contributed by atoms with Crippen molar-refractivity contribution in [3.63, 3.8) is 0 Å². The monoisotopic (exact) mass is 374 g/mol. The lowest BCUT2D eigenvalue weighted by molar-refractivity contribution is 0.0939. The number of carbonyl (C=O) groups is 1. The molecule has 140 valence electrons. The number of nitrogens with one attached hydrogen (secondary N) is 2. The van der Waals surface area contributed by atoms with Crippen molar-refractivity contribution in [1.29, 1.82) is 0 Å². The van der Waals surface area contributed by atoms with Crippen LogP contribution < -0.4 is 10.9 Å². The zero-order valence-electron chi connectivity index (χ0n) is 15.3. The molecule has 6 nitrogen and oxygen atoms in total. The van der Waals surface area contributed by atoms with Gasteiger partial charge in [-0.2, -0.15) is 0 Å².